The van der Waals surface area contributed by atoms with Crippen LogP contribution >= 0.6 is 0 Å². The summed E-state index contributed by atoms with van der Waals surface area (Å²) in [6.45, 7) is 5.73. The first-order valence-electron chi connectivity index (χ1n) is 6.36. The Balaban J connectivity index is 1.88. The number of hydrogen-bond acceptors (Lipinski definition) is 2. The highest BCUT2D eigenvalue weighted by atomic mass is 15.0. The maximum Gasteiger partial charge on any atom is 0.0223 e. The number of nitrogens with one attached hydrogen (secondary N) is 2. The lowest BCUT2D eigenvalue weighted by Crippen LogP contribution is -2.51. The second-order valence-electron chi connectivity index (χ2n) is 4.87. The minimum atomic E-state index is 0.758. The average Bonchev–Trinajstić information content (AvgIpc) is 2.26. The number of fused-ring (bicyclic) bond motifs is 1. The van der Waals surface area contributed by atoms with Gasteiger partial charge < -0.3 is 10.6 Å². The monoisotopic (exact) mass is 196 g/mol. The van der Waals surface area contributed by atoms with Gasteiger partial charge in [-0.1, -0.05) is 26.2 Å². The fourth-order valence-electron chi connectivity index (χ4n) is 3.25. The average molecular weight is 196 g/mol. The molecule has 0 amide bonds. The van der Waals surface area contributed by atoms with Crippen LogP contribution in [0.5, 0.6) is 0 Å². The summed E-state index contributed by atoms with van der Waals surface area (Å²) in [7, 11) is 0. The first kappa shape index (κ1) is 10.4. The van der Waals surface area contributed by atoms with Crippen molar-refractivity contribution in [2.45, 2.75) is 45.1 Å². The summed E-state index contributed by atoms with van der Waals surface area (Å²) in [6.07, 6.45) is 7.33. The fourth-order valence-corrected chi connectivity index (χ4v) is 3.25. The van der Waals surface area contributed by atoms with E-state index in [2.05, 4.69) is 17.6 Å². The molecule has 2 fully saturated rings. The zero-order valence-corrected chi connectivity index (χ0v) is 9.39. The zero-order valence-electron chi connectivity index (χ0n) is 9.39. The Labute approximate surface area is 87.8 Å². The van der Waals surface area contributed by atoms with E-state index < -0.39 is 0 Å². The molecular weight excluding hydrogens is 172 g/mol. The number of rotatable bonds is 3. The van der Waals surface area contributed by atoms with Gasteiger partial charge in [0.1, 0.15) is 0 Å². The smallest absolute Gasteiger partial charge is 0.0223 e. The minimum Gasteiger partial charge on any atom is -0.315 e. The van der Waals surface area contributed by atoms with Gasteiger partial charge in [0.05, 0.1) is 0 Å². The summed E-state index contributed by atoms with van der Waals surface area (Å²) < 4.78 is 0. The molecule has 0 aromatic carbocycles. The summed E-state index contributed by atoms with van der Waals surface area (Å²) >= 11 is 0. The molecule has 1 aliphatic heterocycles. The van der Waals surface area contributed by atoms with Gasteiger partial charge >= 0.3 is 0 Å². The van der Waals surface area contributed by atoms with Crippen LogP contribution < -0.4 is 10.6 Å². The van der Waals surface area contributed by atoms with Crippen molar-refractivity contribution in [1.82, 2.24) is 10.6 Å². The van der Waals surface area contributed by atoms with E-state index in [4.69, 9.17) is 0 Å². The fraction of sp³-hybridized carbons (Fsp3) is 1.00. The SMILES string of the molecule is CCNCC1NCCC2CCCCC21. The number of piperidine rings is 1. The predicted octanol–water partition coefficient (Wildman–Crippen LogP) is 1.76. The van der Waals surface area contributed by atoms with E-state index in [0.717, 1.165) is 24.4 Å². The van der Waals surface area contributed by atoms with Crippen molar-refractivity contribution in [3.05, 3.63) is 0 Å². The van der Waals surface area contributed by atoms with Crippen molar-refractivity contribution in [3.8, 4) is 0 Å². The quantitative estimate of drug-likeness (QED) is 0.719. The molecule has 82 valence electrons. The molecule has 2 heteroatoms. The Morgan fingerprint density at radius 1 is 1.21 bits per heavy atom. The van der Waals surface area contributed by atoms with Crippen LogP contribution in [0.4, 0.5) is 0 Å². The van der Waals surface area contributed by atoms with Crippen molar-refractivity contribution in [1.29, 1.82) is 0 Å². The highest BCUT2D eigenvalue weighted by Gasteiger charge is 2.33. The van der Waals surface area contributed by atoms with Crippen LogP contribution in [0.2, 0.25) is 0 Å². The van der Waals surface area contributed by atoms with Gasteiger partial charge in [-0.3, -0.25) is 0 Å². The lowest BCUT2D eigenvalue weighted by atomic mass is 9.71. The Morgan fingerprint density at radius 2 is 2.07 bits per heavy atom. The van der Waals surface area contributed by atoms with Gasteiger partial charge in [0.25, 0.3) is 0 Å². The van der Waals surface area contributed by atoms with Crippen LogP contribution in [-0.2, 0) is 0 Å². The molecule has 2 rings (SSSR count). The molecular formula is C12H24N2. The molecule has 0 aromatic heterocycles. The van der Waals surface area contributed by atoms with Crippen molar-refractivity contribution >= 4 is 0 Å². The van der Waals surface area contributed by atoms with E-state index in [0.29, 0.717) is 0 Å². The largest absolute Gasteiger partial charge is 0.315 e. The lowest BCUT2D eigenvalue weighted by Gasteiger charge is -2.42. The molecule has 1 aliphatic carbocycles. The van der Waals surface area contributed by atoms with Gasteiger partial charge in [0.15, 0.2) is 0 Å². The topological polar surface area (TPSA) is 24.1 Å². The second kappa shape index (κ2) is 5.13. The molecule has 0 spiro atoms. The highest BCUT2D eigenvalue weighted by molar-refractivity contribution is 4.90. The second-order valence-corrected chi connectivity index (χ2v) is 4.87. The van der Waals surface area contributed by atoms with Gasteiger partial charge in [-0.05, 0) is 37.8 Å². The van der Waals surface area contributed by atoms with E-state index in [1.54, 1.807) is 0 Å². The van der Waals surface area contributed by atoms with E-state index in [1.165, 1.54) is 45.2 Å². The van der Waals surface area contributed by atoms with E-state index >= 15 is 0 Å². The van der Waals surface area contributed by atoms with Gasteiger partial charge in [0, 0.05) is 12.6 Å². The molecule has 1 saturated heterocycles. The Morgan fingerprint density at radius 3 is 2.93 bits per heavy atom. The molecule has 3 unspecified atom stereocenters. The molecule has 0 radical (unpaired) electrons. The number of hydrogen-bond donors (Lipinski definition) is 2. The van der Waals surface area contributed by atoms with E-state index in [9.17, 15) is 0 Å². The van der Waals surface area contributed by atoms with Crippen molar-refractivity contribution < 1.29 is 0 Å². The lowest BCUT2D eigenvalue weighted by molar-refractivity contribution is 0.133. The predicted molar refractivity (Wildman–Crippen MR) is 60.4 cm³/mol. The Kier molecular flexibility index (Phi) is 3.82. The van der Waals surface area contributed by atoms with Gasteiger partial charge in [0.2, 0.25) is 0 Å². The molecule has 1 heterocycles. The summed E-state index contributed by atoms with van der Waals surface area (Å²) in [5.74, 6) is 2.00. The molecule has 2 N–H and O–H groups in total. The first-order chi connectivity index (χ1) is 6.92. The van der Waals surface area contributed by atoms with Crippen LogP contribution in [0.3, 0.4) is 0 Å². The standard InChI is InChI=1S/C12H24N2/c1-2-13-9-12-11-6-4-3-5-10(11)7-8-14-12/h10-14H,2-9H2,1H3. The maximum atomic E-state index is 3.69. The van der Waals surface area contributed by atoms with Crippen molar-refractivity contribution in [2.24, 2.45) is 11.8 Å². The van der Waals surface area contributed by atoms with Gasteiger partial charge in [-0.15, -0.1) is 0 Å². The Hall–Kier alpha value is -0.0800. The van der Waals surface area contributed by atoms with Gasteiger partial charge in [-0.25, -0.2) is 0 Å². The maximum absolute atomic E-state index is 3.69. The van der Waals surface area contributed by atoms with Crippen molar-refractivity contribution in [3.63, 3.8) is 0 Å². The van der Waals surface area contributed by atoms with Crippen LogP contribution in [0.1, 0.15) is 39.0 Å². The summed E-state index contributed by atoms with van der Waals surface area (Å²) in [5, 5.41) is 7.18. The summed E-state index contributed by atoms with van der Waals surface area (Å²) in [6, 6.07) is 0.758. The van der Waals surface area contributed by atoms with Crippen molar-refractivity contribution in [2.75, 3.05) is 19.6 Å². The Bertz CT molecular complexity index is 168. The van der Waals surface area contributed by atoms with E-state index in [1.807, 2.05) is 0 Å². The molecule has 0 bridgehead atoms. The first-order valence-corrected chi connectivity index (χ1v) is 6.36. The third-order valence-corrected chi connectivity index (χ3v) is 4.02. The normalized spacial score (nSPS) is 37.9. The number of likely N-dealkylation sites (N-methyl/N-ethyl adjacent to an activating group) is 1. The van der Waals surface area contributed by atoms with Crippen LogP contribution in [-0.4, -0.2) is 25.7 Å². The molecule has 3 atom stereocenters. The molecule has 2 nitrogen and oxygen atoms in total. The minimum absolute atomic E-state index is 0.758. The van der Waals surface area contributed by atoms with Gasteiger partial charge in [-0.2, -0.15) is 0 Å². The molecule has 2 aliphatic rings. The molecule has 0 aromatic rings. The molecule has 14 heavy (non-hydrogen) atoms. The molecule has 1 saturated carbocycles. The zero-order chi connectivity index (χ0) is 9.80. The summed E-state index contributed by atoms with van der Waals surface area (Å²) in [5.41, 5.74) is 0. The highest BCUT2D eigenvalue weighted by Crippen LogP contribution is 2.36. The van der Waals surface area contributed by atoms with Crippen LogP contribution in [0, 0.1) is 11.8 Å². The third kappa shape index (κ3) is 2.29. The third-order valence-electron chi connectivity index (χ3n) is 4.02. The van der Waals surface area contributed by atoms with Crippen LogP contribution in [0.25, 0.3) is 0 Å². The summed E-state index contributed by atoms with van der Waals surface area (Å²) in [4.78, 5) is 0. The van der Waals surface area contributed by atoms with E-state index in [-0.39, 0.29) is 0 Å². The van der Waals surface area contributed by atoms with Crippen LogP contribution in [0.15, 0.2) is 0 Å².